The van der Waals surface area contributed by atoms with Gasteiger partial charge in [-0.2, -0.15) is 0 Å². The smallest absolute Gasteiger partial charge is 0.329 e. The summed E-state index contributed by atoms with van der Waals surface area (Å²) in [5.41, 5.74) is -0.342. The molecule has 0 amide bonds. The third-order valence-corrected chi connectivity index (χ3v) is 4.28. The average Bonchev–Trinajstić information content (AvgIpc) is 3.25. The molecule has 0 aliphatic heterocycles. The van der Waals surface area contributed by atoms with Gasteiger partial charge in [0.1, 0.15) is 5.54 Å². The number of hydrogen-bond acceptors (Lipinski definition) is 4. The molecule has 0 aromatic heterocycles. The van der Waals surface area contributed by atoms with Gasteiger partial charge in [0.15, 0.2) is 0 Å². The molecule has 4 nitrogen and oxygen atoms in total. The number of esters is 1. The fourth-order valence-corrected chi connectivity index (χ4v) is 2.60. The lowest BCUT2D eigenvalue weighted by molar-refractivity contribution is -0.156. The molecule has 21 heavy (non-hydrogen) atoms. The third-order valence-electron chi connectivity index (χ3n) is 4.28. The van der Waals surface area contributed by atoms with Crippen LogP contribution >= 0.6 is 0 Å². The predicted octanol–water partition coefficient (Wildman–Crippen LogP) is 2.90. The van der Waals surface area contributed by atoms with E-state index < -0.39 is 5.54 Å². The summed E-state index contributed by atoms with van der Waals surface area (Å²) in [4.78, 5) is 12.5. The molecule has 2 rings (SSSR count). The van der Waals surface area contributed by atoms with E-state index in [1.807, 2.05) is 6.92 Å². The van der Waals surface area contributed by atoms with Gasteiger partial charge in [0.25, 0.3) is 0 Å². The second-order valence-electron chi connectivity index (χ2n) is 7.75. The summed E-state index contributed by atoms with van der Waals surface area (Å²) < 4.78 is 11.3. The first-order chi connectivity index (χ1) is 9.87. The Hall–Kier alpha value is -0.610. The molecule has 0 bridgehead atoms. The van der Waals surface area contributed by atoms with Gasteiger partial charge in [-0.05, 0) is 50.4 Å². The molecule has 0 saturated heterocycles. The fourth-order valence-electron chi connectivity index (χ4n) is 2.60. The van der Waals surface area contributed by atoms with Crippen LogP contribution in [0.5, 0.6) is 0 Å². The van der Waals surface area contributed by atoms with E-state index in [0.717, 1.165) is 32.1 Å². The molecule has 0 aromatic rings. The molecule has 2 fully saturated rings. The van der Waals surface area contributed by atoms with Crippen LogP contribution in [-0.4, -0.2) is 37.4 Å². The molecule has 1 N–H and O–H groups in total. The molecule has 0 radical (unpaired) electrons. The molecule has 4 heteroatoms. The van der Waals surface area contributed by atoms with E-state index in [2.05, 4.69) is 26.1 Å². The number of carbonyl (C=O) groups excluding carboxylic acids is 1. The Morgan fingerprint density at radius 3 is 2.33 bits per heavy atom. The van der Waals surface area contributed by atoms with Crippen LogP contribution in [0.4, 0.5) is 0 Å². The van der Waals surface area contributed by atoms with Gasteiger partial charge >= 0.3 is 5.97 Å². The molecule has 0 heterocycles. The number of nitrogens with one attached hydrogen (secondary N) is 1. The number of carbonyl (C=O) groups is 1. The highest BCUT2D eigenvalue weighted by atomic mass is 16.5. The summed E-state index contributed by atoms with van der Waals surface area (Å²) in [5.74, 6) is 0.266. The standard InChI is InChI=1S/C17H31NO3/c1-5-21-15(19)17(13-6-7-13,18-14-8-9-14)12-20-11-10-16(2,3)4/h13-14,18H,5-12H2,1-4H3. The third kappa shape index (κ3) is 4.96. The zero-order valence-electron chi connectivity index (χ0n) is 14.0. The van der Waals surface area contributed by atoms with E-state index in [9.17, 15) is 4.79 Å². The first kappa shape index (κ1) is 16.8. The summed E-state index contributed by atoms with van der Waals surface area (Å²) in [5, 5.41) is 3.55. The van der Waals surface area contributed by atoms with Crippen molar-refractivity contribution < 1.29 is 14.3 Å². The highest BCUT2D eigenvalue weighted by molar-refractivity contribution is 5.82. The molecule has 0 aromatic carbocycles. The second-order valence-corrected chi connectivity index (χ2v) is 7.75. The van der Waals surface area contributed by atoms with Crippen LogP contribution in [0.3, 0.4) is 0 Å². The normalized spacial score (nSPS) is 21.9. The summed E-state index contributed by atoms with van der Waals surface area (Å²) >= 11 is 0. The molecule has 2 aliphatic rings. The minimum Gasteiger partial charge on any atom is -0.465 e. The van der Waals surface area contributed by atoms with Gasteiger partial charge in [0.05, 0.1) is 13.2 Å². The van der Waals surface area contributed by atoms with Crippen molar-refractivity contribution in [2.75, 3.05) is 19.8 Å². The maximum atomic E-state index is 12.5. The Balaban J connectivity index is 1.94. The molecule has 1 atom stereocenters. The quantitative estimate of drug-likeness (QED) is 0.525. The van der Waals surface area contributed by atoms with Crippen molar-refractivity contribution in [3.63, 3.8) is 0 Å². The lowest BCUT2D eigenvalue weighted by Crippen LogP contribution is -2.59. The van der Waals surface area contributed by atoms with Crippen molar-refractivity contribution in [3.8, 4) is 0 Å². The van der Waals surface area contributed by atoms with Crippen LogP contribution < -0.4 is 5.32 Å². The van der Waals surface area contributed by atoms with Crippen molar-refractivity contribution in [1.29, 1.82) is 0 Å². The highest BCUT2D eigenvalue weighted by Crippen LogP contribution is 2.42. The maximum absolute atomic E-state index is 12.5. The second kappa shape index (κ2) is 6.66. The highest BCUT2D eigenvalue weighted by Gasteiger charge is 2.54. The van der Waals surface area contributed by atoms with Crippen LogP contribution in [0, 0.1) is 11.3 Å². The Labute approximate surface area is 129 Å². The molecular formula is C17H31NO3. The first-order valence-electron chi connectivity index (χ1n) is 8.40. The minimum absolute atomic E-state index is 0.116. The Bertz CT molecular complexity index is 356. The minimum atomic E-state index is -0.602. The van der Waals surface area contributed by atoms with Gasteiger partial charge < -0.3 is 9.47 Å². The summed E-state index contributed by atoms with van der Waals surface area (Å²) in [6.07, 6.45) is 5.52. The zero-order chi connectivity index (χ0) is 15.5. The largest absolute Gasteiger partial charge is 0.465 e. The average molecular weight is 297 g/mol. The van der Waals surface area contributed by atoms with E-state index in [1.54, 1.807) is 0 Å². The molecular weight excluding hydrogens is 266 g/mol. The first-order valence-corrected chi connectivity index (χ1v) is 8.40. The van der Waals surface area contributed by atoms with Crippen molar-refractivity contribution in [2.24, 2.45) is 11.3 Å². The molecule has 1 unspecified atom stereocenters. The van der Waals surface area contributed by atoms with Gasteiger partial charge in [-0.3, -0.25) is 5.32 Å². The van der Waals surface area contributed by atoms with Crippen LogP contribution in [0.15, 0.2) is 0 Å². The SMILES string of the molecule is CCOC(=O)C(COCCC(C)(C)C)(NC1CC1)C1CC1. The maximum Gasteiger partial charge on any atom is 0.329 e. The van der Waals surface area contributed by atoms with Crippen LogP contribution in [0.1, 0.15) is 59.8 Å². The van der Waals surface area contributed by atoms with Crippen molar-refractivity contribution in [1.82, 2.24) is 5.32 Å². The zero-order valence-corrected chi connectivity index (χ0v) is 14.0. The Morgan fingerprint density at radius 1 is 1.19 bits per heavy atom. The van der Waals surface area contributed by atoms with Gasteiger partial charge in [0.2, 0.25) is 0 Å². The predicted molar refractivity (Wildman–Crippen MR) is 83.1 cm³/mol. The van der Waals surface area contributed by atoms with Gasteiger partial charge in [-0.1, -0.05) is 20.8 Å². The van der Waals surface area contributed by atoms with Crippen molar-refractivity contribution in [2.45, 2.75) is 71.4 Å². The van der Waals surface area contributed by atoms with Crippen molar-refractivity contribution in [3.05, 3.63) is 0 Å². The van der Waals surface area contributed by atoms with E-state index in [1.165, 1.54) is 0 Å². The summed E-state index contributed by atoms with van der Waals surface area (Å²) in [6, 6.07) is 0.473. The topological polar surface area (TPSA) is 47.6 Å². The summed E-state index contributed by atoms with van der Waals surface area (Å²) in [6.45, 7) is 10.1. The van der Waals surface area contributed by atoms with Gasteiger partial charge in [0, 0.05) is 12.6 Å². The molecule has 2 saturated carbocycles. The van der Waals surface area contributed by atoms with Gasteiger partial charge in [-0.25, -0.2) is 4.79 Å². The number of hydrogen-bond donors (Lipinski definition) is 1. The Kier molecular flexibility index (Phi) is 5.31. The van der Waals surface area contributed by atoms with E-state index in [0.29, 0.717) is 31.8 Å². The van der Waals surface area contributed by atoms with E-state index in [4.69, 9.17) is 9.47 Å². The van der Waals surface area contributed by atoms with E-state index >= 15 is 0 Å². The monoisotopic (exact) mass is 297 g/mol. The fraction of sp³-hybridized carbons (Fsp3) is 0.941. The molecule has 2 aliphatic carbocycles. The lowest BCUT2D eigenvalue weighted by atomic mass is 9.92. The Morgan fingerprint density at radius 2 is 1.86 bits per heavy atom. The molecule has 122 valence electrons. The van der Waals surface area contributed by atoms with Crippen LogP contribution in [-0.2, 0) is 14.3 Å². The summed E-state index contributed by atoms with van der Waals surface area (Å²) in [7, 11) is 0. The van der Waals surface area contributed by atoms with Gasteiger partial charge in [-0.15, -0.1) is 0 Å². The van der Waals surface area contributed by atoms with Crippen molar-refractivity contribution >= 4 is 5.97 Å². The van der Waals surface area contributed by atoms with E-state index in [-0.39, 0.29) is 11.4 Å². The number of ether oxygens (including phenoxy) is 2. The van der Waals surface area contributed by atoms with Crippen LogP contribution in [0.25, 0.3) is 0 Å². The number of rotatable bonds is 9. The lowest BCUT2D eigenvalue weighted by Gasteiger charge is -2.33. The van der Waals surface area contributed by atoms with Crippen LogP contribution in [0.2, 0.25) is 0 Å². The molecule has 0 spiro atoms.